The predicted molar refractivity (Wildman–Crippen MR) is 95.3 cm³/mol. The Morgan fingerprint density at radius 2 is 2.12 bits per heavy atom. The molecule has 1 aliphatic rings. The zero-order chi connectivity index (χ0) is 18.2. The number of aliphatic hydroxyl groups is 1. The van der Waals surface area contributed by atoms with Crippen molar-refractivity contribution in [1.29, 1.82) is 0 Å². The molecule has 0 unspecified atom stereocenters. The first-order valence-electron chi connectivity index (χ1n) is 8.40. The highest BCUT2D eigenvalue weighted by Gasteiger charge is 2.47. The number of nitrogens with zero attached hydrogens (tertiary/aromatic N) is 3. The predicted octanol–water partition coefficient (Wildman–Crippen LogP) is 4.01. The molecule has 1 saturated heterocycles. The van der Waals surface area contributed by atoms with E-state index in [1.807, 2.05) is 38.1 Å². The van der Waals surface area contributed by atoms with Gasteiger partial charge in [-0.25, -0.2) is 4.39 Å². The second kappa shape index (κ2) is 9.99. The lowest BCUT2D eigenvalue weighted by molar-refractivity contribution is -0.168. The van der Waals surface area contributed by atoms with Crippen LogP contribution in [0.5, 0.6) is 0 Å². The molecule has 1 heterocycles. The molecule has 8 heteroatoms. The van der Waals surface area contributed by atoms with E-state index in [1.54, 1.807) is 0 Å². The fourth-order valence-corrected chi connectivity index (χ4v) is 3.72. The Labute approximate surface area is 151 Å². The third-order valence-corrected chi connectivity index (χ3v) is 5.21. The summed E-state index contributed by atoms with van der Waals surface area (Å²) >= 11 is 1.28. The van der Waals surface area contributed by atoms with E-state index in [1.165, 1.54) is 11.8 Å². The Morgan fingerprint density at radius 3 is 2.72 bits per heavy atom. The minimum Gasteiger partial charge on any atom is -0.394 e. The topological polar surface area (TPSA) is 87.5 Å². The van der Waals surface area contributed by atoms with Gasteiger partial charge in [0.05, 0.1) is 6.61 Å². The second-order valence-electron chi connectivity index (χ2n) is 5.99. The molecule has 1 aliphatic heterocycles. The van der Waals surface area contributed by atoms with Gasteiger partial charge >= 0.3 is 0 Å². The number of unbranched alkanes of at least 4 members (excludes halogenated alkanes) is 1. The van der Waals surface area contributed by atoms with Gasteiger partial charge in [0, 0.05) is 16.4 Å². The number of aryl methyl sites for hydroxylation is 1. The van der Waals surface area contributed by atoms with Gasteiger partial charge in [-0.05, 0) is 31.0 Å². The summed E-state index contributed by atoms with van der Waals surface area (Å²) in [5, 5.41) is 13.2. The number of alkyl halides is 1. The summed E-state index contributed by atoms with van der Waals surface area (Å²) in [6.07, 6.45) is -1.57. The summed E-state index contributed by atoms with van der Waals surface area (Å²) in [6.45, 7) is 4.01. The fraction of sp³-hybridized carbons (Fsp3) is 0.647. The largest absolute Gasteiger partial charge is 0.394 e. The van der Waals surface area contributed by atoms with Crippen LogP contribution in [-0.4, -0.2) is 48.2 Å². The monoisotopic (exact) mass is 369 g/mol. The van der Waals surface area contributed by atoms with E-state index >= 15 is 0 Å². The Bertz CT molecular complexity index is 583. The van der Waals surface area contributed by atoms with Crippen LogP contribution < -0.4 is 0 Å². The van der Waals surface area contributed by atoms with Gasteiger partial charge < -0.3 is 14.6 Å². The first kappa shape index (κ1) is 20.0. The quantitative estimate of drug-likeness (QED) is 0.325. The van der Waals surface area contributed by atoms with Crippen molar-refractivity contribution in [3.63, 3.8) is 0 Å². The highest BCUT2D eigenvalue weighted by Crippen LogP contribution is 2.37. The zero-order valence-corrected chi connectivity index (χ0v) is 15.2. The number of rotatable bonds is 8. The average molecular weight is 369 g/mol. The molecule has 1 fully saturated rings. The smallest absolute Gasteiger partial charge is 0.141 e. The Morgan fingerprint density at radius 1 is 1.40 bits per heavy atom. The molecular formula is C17H24FN3O3S. The normalized spacial score (nSPS) is 29.2. The highest BCUT2D eigenvalue weighted by molar-refractivity contribution is 7.99. The molecule has 0 amide bonds. The third kappa shape index (κ3) is 5.33. The summed E-state index contributed by atoms with van der Waals surface area (Å²) in [5.41, 5.74) is 9.20. The van der Waals surface area contributed by atoms with Crippen molar-refractivity contribution in [3.8, 4) is 0 Å². The van der Waals surface area contributed by atoms with Crippen LogP contribution in [0.25, 0.3) is 10.4 Å². The summed E-state index contributed by atoms with van der Waals surface area (Å²) in [4.78, 5) is 3.65. The van der Waals surface area contributed by atoms with Crippen LogP contribution in [-0.2, 0) is 9.47 Å². The lowest BCUT2D eigenvalue weighted by Gasteiger charge is -2.41. The van der Waals surface area contributed by atoms with Gasteiger partial charge in [0.15, 0.2) is 0 Å². The van der Waals surface area contributed by atoms with E-state index in [2.05, 4.69) is 10.0 Å². The fourth-order valence-electron chi connectivity index (χ4n) is 2.62. The molecular weight excluding hydrogens is 345 g/mol. The van der Waals surface area contributed by atoms with E-state index in [-0.39, 0.29) is 6.61 Å². The van der Waals surface area contributed by atoms with Crippen molar-refractivity contribution in [1.82, 2.24) is 0 Å². The molecule has 1 aromatic rings. The molecule has 0 aromatic heterocycles. The van der Waals surface area contributed by atoms with Gasteiger partial charge in [0.2, 0.25) is 0 Å². The van der Waals surface area contributed by atoms with E-state index in [0.717, 1.165) is 23.3 Å². The van der Waals surface area contributed by atoms with Crippen LogP contribution in [0.1, 0.15) is 25.3 Å². The lowest BCUT2D eigenvalue weighted by Crippen LogP contribution is -2.56. The number of halogens is 1. The van der Waals surface area contributed by atoms with Gasteiger partial charge in [0.1, 0.15) is 29.9 Å². The molecule has 0 spiro atoms. The third-order valence-electron chi connectivity index (χ3n) is 4.04. The standard InChI is InChI=1S/C17H24FN3O3S/c1-3-4-9-23-16-13(10-22)24-17(15(14(16)18)20-21-19)25-12-7-5-11(2)6-8-12/h5-8,13-17,22H,3-4,9-10H2,1-2H3/t13-,14-,15-,16-,17+/m1/s1. The van der Waals surface area contributed by atoms with Crippen molar-refractivity contribution in [2.45, 2.75) is 61.4 Å². The van der Waals surface area contributed by atoms with Crippen LogP contribution in [0, 0.1) is 6.92 Å². The van der Waals surface area contributed by atoms with Crippen LogP contribution in [0.2, 0.25) is 0 Å². The van der Waals surface area contributed by atoms with E-state index in [0.29, 0.717) is 6.61 Å². The molecule has 2 rings (SSSR count). The maximum Gasteiger partial charge on any atom is 0.141 e. The van der Waals surface area contributed by atoms with Crippen LogP contribution in [0.15, 0.2) is 34.3 Å². The summed E-state index contributed by atoms with van der Waals surface area (Å²) in [6, 6.07) is 6.68. The molecule has 1 aromatic carbocycles. The van der Waals surface area contributed by atoms with Gasteiger partial charge in [-0.3, -0.25) is 0 Å². The summed E-state index contributed by atoms with van der Waals surface area (Å²) < 4.78 is 26.4. The van der Waals surface area contributed by atoms with E-state index in [4.69, 9.17) is 15.0 Å². The Balaban J connectivity index is 2.16. The molecule has 6 nitrogen and oxygen atoms in total. The molecule has 0 bridgehead atoms. The molecule has 25 heavy (non-hydrogen) atoms. The molecule has 1 N–H and O–H groups in total. The van der Waals surface area contributed by atoms with Gasteiger partial charge in [-0.15, -0.1) is 0 Å². The van der Waals surface area contributed by atoms with Crippen molar-refractivity contribution in [2.75, 3.05) is 13.2 Å². The highest BCUT2D eigenvalue weighted by atomic mass is 32.2. The maximum absolute atomic E-state index is 15.0. The van der Waals surface area contributed by atoms with E-state index < -0.39 is 29.9 Å². The van der Waals surface area contributed by atoms with Crippen LogP contribution in [0.3, 0.4) is 0 Å². The second-order valence-corrected chi connectivity index (χ2v) is 7.16. The molecule has 0 saturated carbocycles. The number of benzene rings is 1. The van der Waals surface area contributed by atoms with E-state index in [9.17, 15) is 9.50 Å². The lowest BCUT2D eigenvalue weighted by atomic mass is 10.00. The minimum atomic E-state index is -1.54. The average Bonchev–Trinajstić information content (AvgIpc) is 2.61. The molecule has 0 aliphatic carbocycles. The zero-order valence-electron chi connectivity index (χ0n) is 14.4. The SMILES string of the molecule is CCCCO[C@H]1[C@H](F)[C@@H](N=[N+]=[N-])[C@H](Sc2ccc(C)cc2)O[C@@H]1CO. The van der Waals surface area contributed by atoms with Crippen molar-refractivity contribution >= 4 is 11.8 Å². The minimum absolute atomic E-state index is 0.356. The number of azide groups is 1. The van der Waals surface area contributed by atoms with Crippen molar-refractivity contribution in [2.24, 2.45) is 5.11 Å². The Kier molecular flexibility index (Phi) is 7.99. The van der Waals surface area contributed by atoms with Crippen LogP contribution >= 0.6 is 11.8 Å². The summed E-state index contributed by atoms with van der Waals surface area (Å²) in [7, 11) is 0. The first-order valence-corrected chi connectivity index (χ1v) is 9.28. The number of hydrogen-bond acceptors (Lipinski definition) is 5. The first-order chi connectivity index (χ1) is 12.1. The molecule has 5 atom stereocenters. The number of hydrogen-bond donors (Lipinski definition) is 1. The van der Waals surface area contributed by atoms with Crippen LogP contribution in [0.4, 0.5) is 4.39 Å². The number of thioether (sulfide) groups is 1. The van der Waals surface area contributed by atoms with Crippen molar-refractivity contribution < 1.29 is 19.0 Å². The molecule has 138 valence electrons. The van der Waals surface area contributed by atoms with Gasteiger partial charge in [-0.1, -0.05) is 47.9 Å². The van der Waals surface area contributed by atoms with Gasteiger partial charge in [0.25, 0.3) is 0 Å². The van der Waals surface area contributed by atoms with Crippen molar-refractivity contribution in [3.05, 3.63) is 40.3 Å². The number of ether oxygens (including phenoxy) is 2. The maximum atomic E-state index is 15.0. The summed E-state index contributed by atoms with van der Waals surface area (Å²) in [5.74, 6) is 0. The molecule has 0 radical (unpaired) electrons. The number of aliphatic hydroxyl groups excluding tert-OH is 1. The Hall–Kier alpha value is -1.31. The van der Waals surface area contributed by atoms with Gasteiger partial charge in [-0.2, -0.15) is 0 Å².